The first-order valence-corrected chi connectivity index (χ1v) is 10.6. The van der Waals surface area contributed by atoms with Gasteiger partial charge < -0.3 is 5.11 Å². The summed E-state index contributed by atoms with van der Waals surface area (Å²) in [6, 6.07) is 16.5. The Morgan fingerprint density at radius 3 is 2.58 bits per heavy atom. The van der Waals surface area contributed by atoms with Gasteiger partial charge in [0.25, 0.3) is 11.5 Å². The number of Topliss-reactive ketones (excluding diaryl/α,β-unsaturated/α-hetero) is 1. The molecule has 1 N–H and O–H groups in total. The number of aliphatic hydroxyl groups excluding tert-OH is 1. The van der Waals surface area contributed by atoms with Crippen LogP contribution < -0.4 is 4.90 Å². The van der Waals surface area contributed by atoms with E-state index in [1.54, 1.807) is 24.3 Å². The second kappa shape index (κ2) is 7.92. The molecule has 4 aromatic rings. The Hall–Kier alpha value is -4.44. The van der Waals surface area contributed by atoms with Gasteiger partial charge in [-0.1, -0.05) is 41.7 Å². The van der Waals surface area contributed by atoms with Crippen LogP contribution in [0.5, 0.6) is 0 Å². The monoisotopic (exact) mass is 458 g/mol. The van der Waals surface area contributed by atoms with Gasteiger partial charge in [-0.15, -0.1) is 0 Å². The Labute approximate surface area is 190 Å². The molecule has 3 heterocycles. The minimum absolute atomic E-state index is 0.0485. The van der Waals surface area contributed by atoms with Crippen LogP contribution in [0.2, 0.25) is 0 Å². The van der Waals surface area contributed by atoms with Crippen LogP contribution >= 0.6 is 11.3 Å². The van der Waals surface area contributed by atoms with Crippen molar-refractivity contribution in [3.8, 4) is 0 Å². The van der Waals surface area contributed by atoms with E-state index in [-0.39, 0.29) is 22.0 Å². The van der Waals surface area contributed by atoms with Gasteiger partial charge in [0, 0.05) is 23.9 Å². The number of amides is 1. The fraction of sp³-hybridized carbons (Fsp3) is 0.0435. The number of nitrogens with zero attached hydrogens (tertiary/aromatic N) is 4. The number of aliphatic hydroxyl groups is 1. The van der Waals surface area contributed by atoms with Crippen molar-refractivity contribution in [2.24, 2.45) is 0 Å². The molecule has 0 spiro atoms. The van der Waals surface area contributed by atoms with Crippen LogP contribution in [0.25, 0.3) is 16.0 Å². The van der Waals surface area contributed by atoms with Gasteiger partial charge in [0.2, 0.25) is 0 Å². The summed E-state index contributed by atoms with van der Waals surface area (Å²) in [6.07, 6.45) is 1.52. The lowest BCUT2D eigenvalue weighted by Crippen LogP contribution is -2.29. The molecule has 1 aliphatic rings. The number of benzene rings is 2. The zero-order chi connectivity index (χ0) is 23.1. The van der Waals surface area contributed by atoms with Gasteiger partial charge in [-0.3, -0.25) is 29.6 Å². The van der Waals surface area contributed by atoms with E-state index < -0.39 is 28.4 Å². The first-order chi connectivity index (χ1) is 16.0. The molecule has 1 unspecified atom stereocenters. The van der Waals surface area contributed by atoms with E-state index in [4.69, 9.17) is 0 Å². The van der Waals surface area contributed by atoms with Gasteiger partial charge in [-0.25, -0.2) is 4.98 Å². The van der Waals surface area contributed by atoms with E-state index in [9.17, 15) is 24.8 Å². The molecule has 1 aliphatic heterocycles. The second-order valence-corrected chi connectivity index (χ2v) is 8.20. The van der Waals surface area contributed by atoms with Gasteiger partial charge in [0.15, 0.2) is 5.13 Å². The summed E-state index contributed by atoms with van der Waals surface area (Å²) < 4.78 is 0.827. The van der Waals surface area contributed by atoms with E-state index >= 15 is 0 Å². The number of nitro benzene ring substituents is 1. The van der Waals surface area contributed by atoms with E-state index in [1.165, 1.54) is 40.6 Å². The second-order valence-electron chi connectivity index (χ2n) is 7.20. The van der Waals surface area contributed by atoms with Gasteiger partial charge in [-0.05, 0) is 24.3 Å². The van der Waals surface area contributed by atoms with Crippen LogP contribution in [0.15, 0.2) is 78.5 Å². The highest BCUT2D eigenvalue weighted by molar-refractivity contribution is 7.22. The predicted octanol–water partition coefficient (Wildman–Crippen LogP) is 4.23. The fourth-order valence-corrected chi connectivity index (χ4v) is 4.72. The van der Waals surface area contributed by atoms with Crippen molar-refractivity contribution < 1.29 is 19.6 Å². The number of ketones is 1. The number of para-hydroxylation sites is 1. The van der Waals surface area contributed by atoms with Crippen LogP contribution in [0.4, 0.5) is 10.8 Å². The smallest absolute Gasteiger partial charge is 0.301 e. The summed E-state index contributed by atoms with van der Waals surface area (Å²) in [5, 5.41) is 22.5. The number of hydrogen-bond donors (Lipinski definition) is 1. The van der Waals surface area contributed by atoms with Crippen molar-refractivity contribution in [1.29, 1.82) is 0 Å². The van der Waals surface area contributed by atoms with Crippen molar-refractivity contribution in [3.05, 3.63) is 99.9 Å². The average Bonchev–Trinajstić information content (AvgIpc) is 3.38. The minimum atomic E-state index is -1.05. The molecule has 33 heavy (non-hydrogen) atoms. The standard InChI is InChI=1S/C23H14N4O5S/c28-20(13-6-5-7-14(12-13)27(31)32)18-19(16-9-3-4-11-24-16)26(22(30)21(18)29)23-25-15-8-1-2-10-17(15)33-23/h1-12,19,28H/b20-18+. The SMILES string of the molecule is O=C1C(=O)N(c2nc3ccccc3s2)C(c2ccccn2)/C1=C(\O)c1cccc([N+](=O)[O-])c1. The number of carbonyl (C=O) groups is 2. The van der Waals surface area contributed by atoms with Crippen molar-refractivity contribution in [2.75, 3.05) is 4.90 Å². The van der Waals surface area contributed by atoms with E-state index in [2.05, 4.69) is 9.97 Å². The van der Waals surface area contributed by atoms with Crippen LogP contribution in [-0.2, 0) is 9.59 Å². The lowest BCUT2D eigenvalue weighted by Gasteiger charge is -2.21. The van der Waals surface area contributed by atoms with Gasteiger partial charge in [0.1, 0.15) is 11.8 Å². The van der Waals surface area contributed by atoms with Gasteiger partial charge in [-0.2, -0.15) is 0 Å². The Balaban J connectivity index is 1.73. The third kappa shape index (κ3) is 3.42. The topological polar surface area (TPSA) is 127 Å². The molecular formula is C23H14N4O5S. The zero-order valence-electron chi connectivity index (χ0n) is 16.8. The lowest BCUT2D eigenvalue weighted by atomic mass is 9.98. The largest absolute Gasteiger partial charge is 0.507 e. The maximum Gasteiger partial charge on any atom is 0.301 e. The number of aromatic nitrogens is 2. The number of fused-ring (bicyclic) bond motifs is 1. The van der Waals surface area contributed by atoms with Crippen LogP contribution in [0.1, 0.15) is 17.3 Å². The summed E-state index contributed by atoms with van der Waals surface area (Å²) in [5.74, 6) is -2.30. The summed E-state index contributed by atoms with van der Waals surface area (Å²) >= 11 is 1.24. The molecule has 0 aliphatic carbocycles. The highest BCUT2D eigenvalue weighted by Crippen LogP contribution is 2.43. The number of non-ortho nitro benzene ring substituents is 1. The number of rotatable bonds is 4. The van der Waals surface area contributed by atoms with Gasteiger partial charge in [0.05, 0.1) is 26.4 Å². The maximum atomic E-state index is 13.1. The minimum Gasteiger partial charge on any atom is -0.507 e. The van der Waals surface area contributed by atoms with Gasteiger partial charge >= 0.3 is 5.91 Å². The molecular weight excluding hydrogens is 444 g/mol. The number of nitro groups is 1. The molecule has 2 aromatic heterocycles. The van der Waals surface area contributed by atoms with Crippen molar-refractivity contribution in [3.63, 3.8) is 0 Å². The molecule has 1 fully saturated rings. The molecule has 10 heteroatoms. The Morgan fingerprint density at radius 1 is 1.06 bits per heavy atom. The summed E-state index contributed by atoms with van der Waals surface area (Å²) in [4.78, 5) is 46.9. The highest BCUT2D eigenvalue weighted by Gasteiger charge is 2.48. The van der Waals surface area contributed by atoms with E-state index in [0.29, 0.717) is 11.2 Å². The van der Waals surface area contributed by atoms with Crippen LogP contribution in [0.3, 0.4) is 0 Å². The summed E-state index contributed by atoms with van der Waals surface area (Å²) in [6.45, 7) is 0. The molecule has 1 atom stereocenters. The summed E-state index contributed by atoms with van der Waals surface area (Å²) in [5.41, 5.74) is 0.598. The maximum absolute atomic E-state index is 13.1. The Kier molecular flexibility index (Phi) is 4.91. The molecule has 2 aromatic carbocycles. The van der Waals surface area contributed by atoms with Crippen molar-refractivity contribution in [1.82, 2.24) is 9.97 Å². The van der Waals surface area contributed by atoms with Crippen molar-refractivity contribution in [2.45, 2.75) is 6.04 Å². The number of carbonyl (C=O) groups excluding carboxylic acids is 2. The van der Waals surface area contributed by atoms with E-state index in [1.807, 2.05) is 18.2 Å². The van der Waals surface area contributed by atoms with Crippen LogP contribution in [-0.4, -0.2) is 31.7 Å². The molecule has 9 nitrogen and oxygen atoms in total. The fourth-order valence-electron chi connectivity index (χ4n) is 3.73. The first kappa shape index (κ1) is 20.5. The molecule has 162 valence electrons. The van der Waals surface area contributed by atoms with E-state index in [0.717, 1.165) is 10.8 Å². The molecule has 0 radical (unpaired) electrons. The third-order valence-electron chi connectivity index (χ3n) is 5.23. The molecule has 0 saturated carbocycles. The highest BCUT2D eigenvalue weighted by atomic mass is 32.1. The summed E-state index contributed by atoms with van der Waals surface area (Å²) in [7, 11) is 0. The van der Waals surface area contributed by atoms with Crippen molar-refractivity contribution >= 4 is 49.8 Å². The Bertz CT molecular complexity index is 1430. The third-order valence-corrected chi connectivity index (χ3v) is 6.27. The zero-order valence-corrected chi connectivity index (χ0v) is 17.6. The Morgan fingerprint density at radius 2 is 1.85 bits per heavy atom. The molecule has 1 amide bonds. The molecule has 0 bridgehead atoms. The number of thiazole rings is 1. The number of hydrogen-bond acceptors (Lipinski definition) is 8. The number of anilines is 1. The average molecular weight is 458 g/mol. The molecule has 1 saturated heterocycles. The lowest BCUT2D eigenvalue weighted by molar-refractivity contribution is -0.384. The quantitative estimate of drug-likeness (QED) is 0.159. The van der Waals surface area contributed by atoms with Crippen LogP contribution in [0, 0.1) is 10.1 Å². The predicted molar refractivity (Wildman–Crippen MR) is 122 cm³/mol. The first-order valence-electron chi connectivity index (χ1n) is 9.78. The molecule has 5 rings (SSSR count). The normalized spacial score (nSPS) is 17.6. The number of pyridine rings is 1.